The molecule has 2 aliphatic rings. The minimum Gasteiger partial charge on any atom is -0.494 e. The van der Waals surface area contributed by atoms with Gasteiger partial charge in [0.2, 0.25) is 0 Å². The molecule has 0 N–H and O–H groups in total. The third-order valence-electron chi connectivity index (χ3n) is 5.87. The van der Waals surface area contributed by atoms with Gasteiger partial charge in [-0.2, -0.15) is 0 Å². The maximum Gasteiger partial charge on any atom is 0.267 e. The van der Waals surface area contributed by atoms with Gasteiger partial charge in [0.05, 0.1) is 17.2 Å². The highest BCUT2D eigenvalue weighted by atomic mass is 32.2. The number of carbonyl (C=O) groups excluding carboxylic acids is 1. The van der Waals surface area contributed by atoms with Crippen molar-refractivity contribution in [2.45, 2.75) is 52.0 Å². The number of hydrogen-bond acceptors (Lipinski definition) is 4. The Bertz CT molecular complexity index is 953. The summed E-state index contributed by atoms with van der Waals surface area (Å²) in [5, 5.41) is 0.795. The molecular formula is C26H30N2O2S. The molecule has 1 heterocycles. The van der Waals surface area contributed by atoms with Gasteiger partial charge in [0.25, 0.3) is 5.91 Å². The van der Waals surface area contributed by atoms with Gasteiger partial charge >= 0.3 is 0 Å². The lowest BCUT2D eigenvalue weighted by atomic mass is 9.85. The van der Waals surface area contributed by atoms with Gasteiger partial charge in [-0.05, 0) is 72.8 Å². The minimum absolute atomic E-state index is 0.0738. The largest absolute Gasteiger partial charge is 0.494 e. The maximum absolute atomic E-state index is 13.5. The summed E-state index contributed by atoms with van der Waals surface area (Å²) in [6.07, 6.45) is 7.57. The molecule has 0 radical (unpaired) electrons. The van der Waals surface area contributed by atoms with E-state index in [1.165, 1.54) is 24.6 Å². The highest BCUT2D eigenvalue weighted by Crippen LogP contribution is 2.40. The van der Waals surface area contributed by atoms with Crippen LogP contribution in [0.5, 0.6) is 5.75 Å². The van der Waals surface area contributed by atoms with E-state index in [-0.39, 0.29) is 11.9 Å². The first-order valence-corrected chi connectivity index (χ1v) is 12.1. The van der Waals surface area contributed by atoms with Crippen LogP contribution >= 0.6 is 11.8 Å². The molecule has 1 amide bonds. The molecule has 0 unspecified atom stereocenters. The van der Waals surface area contributed by atoms with Crippen LogP contribution in [-0.4, -0.2) is 28.6 Å². The fourth-order valence-corrected chi connectivity index (χ4v) is 5.23. The second-order valence-electron chi connectivity index (χ2n) is 8.26. The molecule has 1 aliphatic heterocycles. The molecule has 2 aromatic carbocycles. The zero-order valence-corrected chi connectivity index (χ0v) is 19.1. The molecule has 1 saturated heterocycles. The summed E-state index contributed by atoms with van der Waals surface area (Å²) in [7, 11) is 0. The predicted molar refractivity (Wildman–Crippen MR) is 130 cm³/mol. The van der Waals surface area contributed by atoms with Gasteiger partial charge in [0.15, 0.2) is 5.17 Å². The minimum atomic E-state index is 0.0738. The lowest BCUT2D eigenvalue weighted by Gasteiger charge is -2.35. The molecule has 4 nitrogen and oxygen atoms in total. The monoisotopic (exact) mass is 434 g/mol. The van der Waals surface area contributed by atoms with E-state index in [1.807, 2.05) is 65.6 Å². The summed E-state index contributed by atoms with van der Waals surface area (Å²) < 4.78 is 5.67. The van der Waals surface area contributed by atoms with Crippen molar-refractivity contribution >= 4 is 34.6 Å². The summed E-state index contributed by atoms with van der Waals surface area (Å²) in [6, 6.07) is 18.1. The van der Waals surface area contributed by atoms with Crippen molar-refractivity contribution < 1.29 is 9.53 Å². The number of benzene rings is 2. The van der Waals surface area contributed by atoms with E-state index >= 15 is 0 Å². The van der Waals surface area contributed by atoms with Gasteiger partial charge in [0, 0.05) is 6.04 Å². The molecular weight excluding hydrogens is 404 g/mol. The van der Waals surface area contributed by atoms with E-state index in [4.69, 9.17) is 9.73 Å². The number of amides is 1. The van der Waals surface area contributed by atoms with Crippen molar-refractivity contribution in [3.05, 3.63) is 65.1 Å². The molecule has 1 saturated carbocycles. The van der Waals surface area contributed by atoms with E-state index in [0.717, 1.165) is 46.3 Å². The normalized spacial score (nSPS) is 24.2. The number of carbonyl (C=O) groups is 1. The van der Waals surface area contributed by atoms with Crippen LogP contribution in [0.15, 0.2) is 64.5 Å². The molecule has 2 aromatic rings. The number of ether oxygens (including phenoxy) is 1. The zero-order chi connectivity index (χ0) is 21.6. The van der Waals surface area contributed by atoms with Crippen molar-refractivity contribution in [3.8, 4) is 5.75 Å². The summed E-state index contributed by atoms with van der Waals surface area (Å²) >= 11 is 1.49. The molecule has 0 spiro atoms. The molecule has 2 fully saturated rings. The fourth-order valence-electron chi connectivity index (χ4n) is 4.18. The highest BCUT2D eigenvalue weighted by Gasteiger charge is 2.41. The van der Waals surface area contributed by atoms with Gasteiger partial charge in [-0.25, -0.2) is 4.99 Å². The molecule has 0 aromatic heterocycles. The Hall–Kier alpha value is -2.53. The van der Waals surface area contributed by atoms with Crippen LogP contribution in [0.2, 0.25) is 0 Å². The van der Waals surface area contributed by atoms with Crippen LogP contribution in [0.1, 0.15) is 51.5 Å². The Morgan fingerprint density at radius 1 is 1.10 bits per heavy atom. The quantitative estimate of drug-likeness (QED) is 0.478. The Kier molecular flexibility index (Phi) is 7.13. The van der Waals surface area contributed by atoms with E-state index in [9.17, 15) is 4.79 Å². The van der Waals surface area contributed by atoms with Gasteiger partial charge < -0.3 is 4.74 Å². The van der Waals surface area contributed by atoms with Crippen LogP contribution in [0, 0.1) is 5.92 Å². The Morgan fingerprint density at radius 3 is 2.55 bits per heavy atom. The number of amidine groups is 1. The number of thioether (sulfide) groups is 1. The van der Waals surface area contributed by atoms with Crippen molar-refractivity contribution in [1.82, 2.24) is 4.90 Å². The highest BCUT2D eigenvalue weighted by molar-refractivity contribution is 8.18. The second kappa shape index (κ2) is 10.2. The third kappa shape index (κ3) is 5.21. The lowest BCUT2D eigenvalue weighted by molar-refractivity contribution is -0.124. The Morgan fingerprint density at radius 2 is 1.84 bits per heavy atom. The second-order valence-corrected chi connectivity index (χ2v) is 9.27. The van der Waals surface area contributed by atoms with Crippen molar-refractivity contribution in [3.63, 3.8) is 0 Å². The zero-order valence-electron chi connectivity index (χ0n) is 18.3. The van der Waals surface area contributed by atoms with Crippen LogP contribution in [0.4, 0.5) is 5.69 Å². The predicted octanol–water partition coefficient (Wildman–Crippen LogP) is 6.66. The van der Waals surface area contributed by atoms with Gasteiger partial charge in [-0.1, -0.05) is 57.0 Å². The van der Waals surface area contributed by atoms with Crippen molar-refractivity contribution in [2.24, 2.45) is 10.9 Å². The third-order valence-corrected chi connectivity index (χ3v) is 6.85. The number of nitrogens with zero attached hydrogens (tertiary/aromatic N) is 2. The first kappa shape index (κ1) is 21.7. The first-order chi connectivity index (χ1) is 15.2. The number of hydrogen-bond donors (Lipinski definition) is 0. The molecule has 0 bridgehead atoms. The summed E-state index contributed by atoms with van der Waals surface area (Å²) in [5.41, 5.74) is 1.88. The molecule has 5 heteroatoms. The van der Waals surface area contributed by atoms with Crippen LogP contribution < -0.4 is 4.74 Å². The summed E-state index contributed by atoms with van der Waals surface area (Å²) in [4.78, 5) is 21.1. The first-order valence-electron chi connectivity index (χ1n) is 11.3. The van der Waals surface area contributed by atoms with E-state index < -0.39 is 0 Å². The molecule has 2 atom stereocenters. The lowest BCUT2D eigenvalue weighted by Crippen LogP contribution is -2.44. The smallest absolute Gasteiger partial charge is 0.267 e. The van der Waals surface area contributed by atoms with Crippen LogP contribution in [0.25, 0.3) is 6.08 Å². The van der Waals surface area contributed by atoms with Gasteiger partial charge in [-0.15, -0.1) is 0 Å². The standard InChI is InChI=1S/C26H30N2O2S/c1-3-17-30-22-15-13-20(14-16-22)18-24-25(29)28(23-12-8-7-9-19(23)2)26(31-24)27-21-10-5-4-6-11-21/h4-6,10-11,13-16,18-19,23H,3,7-9,12,17H2,1-2H3/b24-18-,27-26?/t19-,23-/m1/s1. The Balaban J connectivity index is 1.63. The van der Waals surface area contributed by atoms with E-state index in [0.29, 0.717) is 12.5 Å². The Labute approximate surface area is 189 Å². The van der Waals surface area contributed by atoms with Crippen LogP contribution in [0.3, 0.4) is 0 Å². The SMILES string of the molecule is CCCOc1ccc(/C=C2\SC(=Nc3ccccc3)N([C@@H]3CCCC[C@H]3C)C2=O)cc1. The van der Waals surface area contributed by atoms with E-state index in [2.05, 4.69) is 13.8 Å². The average molecular weight is 435 g/mol. The molecule has 4 rings (SSSR count). The van der Waals surface area contributed by atoms with Gasteiger partial charge in [-0.3, -0.25) is 9.69 Å². The number of aliphatic imine (C=N–C) groups is 1. The molecule has 31 heavy (non-hydrogen) atoms. The van der Waals surface area contributed by atoms with Crippen LogP contribution in [-0.2, 0) is 4.79 Å². The fraction of sp³-hybridized carbons (Fsp3) is 0.385. The topological polar surface area (TPSA) is 41.9 Å². The van der Waals surface area contributed by atoms with E-state index in [1.54, 1.807) is 0 Å². The van der Waals surface area contributed by atoms with Crippen molar-refractivity contribution in [1.29, 1.82) is 0 Å². The molecule has 162 valence electrons. The number of para-hydroxylation sites is 1. The van der Waals surface area contributed by atoms with Gasteiger partial charge in [0.1, 0.15) is 5.75 Å². The number of rotatable bonds is 6. The van der Waals surface area contributed by atoms with Crippen molar-refractivity contribution in [2.75, 3.05) is 6.61 Å². The summed E-state index contributed by atoms with van der Waals surface area (Å²) in [5.74, 6) is 1.41. The summed E-state index contributed by atoms with van der Waals surface area (Å²) in [6.45, 7) is 5.07. The molecule has 1 aliphatic carbocycles. The average Bonchev–Trinajstić information content (AvgIpc) is 3.09. The maximum atomic E-state index is 13.5.